The molecule has 0 aromatic heterocycles. The molecule has 0 fully saturated rings. The number of halogens is 2. The topological polar surface area (TPSA) is 27.3 Å². The van der Waals surface area contributed by atoms with Gasteiger partial charge in [-0.15, -0.1) is 0 Å². The second-order valence-electron chi connectivity index (χ2n) is 10.4. The molecule has 0 heterocycles. The molecule has 0 amide bonds. The van der Waals surface area contributed by atoms with E-state index in [1.54, 1.807) is 0 Å². The quantitative estimate of drug-likeness (QED) is 0.353. The SMILES string of the molecule is CC(C)c1cccc(C(C)C)c1NCCN(C)CCNc1c(C(C)C)cccc1C(C)C.[Cl-].[Cl-].[Ir+2]. The van der Waals surface area contributed by atoms with Crippen molar-refractivity contribution in [1.82, 2.24) is 4.90 Å². The second kappa shape index (κ2) is 17.6. The Bertz CT molecular complexity index is 732. The summed E-state index contributed by atoms with van der Waals surface area (Å²) < 4.78 is 0. The van der Waals surface area contributed by atoms with E-state index in [1.165, 1.54) is 33.6 Å². The van der Waals surface area contributed by atoms with E-state index in [0.717, 1.165) is 26.2 Å². The molecule has 35 heavy (non-hydrogen) atoms. The Labute approximate surface area is 241 Å². The summed E-state index contributed by atoms with van der Waals surface area (Å²) in [4.78, 5) is 2.42. The van der Waals surface area contributed by atoms with Crippen molar-refractivity contribution in [3.63, 3.8) is 0 Å². The number of hydrogen-bond acceptors (Lipinski definition) is 3. The van der Waals surface area contributed by atoms with Crippen molar-refractivity contribution in [1.29, 1.82) is 0 Å². The number of benzene rings is 2. The van der Waals surface area contributed by atoms with Gasteiger partial charge in [-0.2, -0.15) is 0 Å². The minimum atomic E-state index is 0. The maximum absolute atomic E-state index is 3.77. The van der Waals surface area contributed by atoms with E-state index in [1.807, 2.05) is 0 Å². The van der Waals surface area contributed by atoms with Crippen LogP contribution in [0.3, 0.4) is 0 Å². The molecule has 0 saturated carbocycles. The summed E-state index contributed by atoms with van der Waals surface area (Å²) in [5, 5.41) is 7.54. The van der Waals surface area contributed by atoms with Gasteiger partial charge < -0.3 is 40.3 Å². The zero-order valence-electron chi connectivity index (χ0n) is 23.1. The summed E-state index contributed by atoms with van der Waals surface area (Å²) in [7, 11) is 2.22. The summed E-state index contributed by atoms with van der Waals surface area (Å²) in [5.41, 5.74) is 8.38. The fourth-order valence-corrected chi connectivity index (χ4v) is 4.37. The number of para-hydroxylation sites is 2. The monoisotopic (exact) mass is 700 g/mol. The number of nitrogens with one attached hydrogen (secondary N) is 2. The van der Waals surface area contributed by atoms with Crippen LogP contribution in [0.15, 0.2) is 36.4 Å². The Morgan fingerprint density at radius 3 is 1.06 bits per heavy atom. The minimum Gasteiger partial charge on any atom is -1.00 e. The normalized spacial score (nSPS) is 10.9. The number of rotatable bonds is 12. The van der Waals surface area contributed by atoms with Crippen molar-refractivity contribution in [3.8, 4) is 0 Å². The van der Waals surface area contributed by atoms with Gasteiger partial charge in [-0.05, 0) is 53.0 Å². The Hall–Kier alpha value is -0.771. The van der Waals surface area contributed by atoms with Gasteiger partial charge in [0.05, 0.1) is 0 Å². The smallest absolute Gasteiger partial charge is 1.00 e. The first-order valence-corrected chi connectivity index (χ1v) is 12.5. The average molecular weight is 701 g/mol. The number of anilines is 2. The van der Waals surface area contributed by atoms with Crippen LogP contribution in [-0.4, -0.2) is 38.1 Å². The number of nitrogens with zero attached hydrogens (tertiary/aromatic N) is 1. The van der Waals surface area contributed by atoms with Crippen molar-refractivity contribution in [2.45, 2.75) is 79.1 Å². The van der Waals surface area contributed by atoms with Crippen molar-refractivity contribution in [2.24, 2.45) is 0 Å². The molecule has 2 aromatic carbocycles. The van der Waals surface area contributed by atoms with Crippen molar-refractivity contribution < 1.29 is 44.9 Å². The molecule has 2 N–H and O–H groups in total. The molecule has 0 aliphatic rings. The zero-order chi connectivity index (χ0) is 23.8. The Morgan fingerprint density at radius 2 is 0.829 bits per heavy atom. The van der Waals surface area contributed by atoms with Gasteiger partial charge in [-0.1, -0.05) is 91.8 Å². The predicted molar refractivity (Wildman–Crippen MR) is 144 cm³/mol. The largest absolute Gasteiger partial charge is 2.00 e. The Morgan fingerprint density at radius 1 is 0.571 bits per heavy atom. The first kappa shape index (κ1) is 36.4. The van der Waals surface area contributed by atoms with Gasteiger partial charge in [0.1, 0.15) is 0 Å². The van der Waals surface area contributed by atoms with Gasteiger partial charge in [-0.25, -0.2) is 0 Å². The van der Waals surface area contributed by atoms with Crippen LogP contribution in [-0.2, 0) is 20.1 Å². The molecule has 0 bridgehead atoms. The van der Waals surface area contributed by atoms with Gasteiger partial charge in [0, 0.05) is 37.6 Å². The zero-order valence-corrected chi connectivity index (χ0v) is 27.0. The Kier molecular flexibility index (Phi) is 18.3. The molecule has 6 heteroatoms. The average Bonchev–Trinajstić information content (AvgIpc) is 2.73. The van der Waals surface area contributed by atoms with Crippen LogP contribution in [0.2, 0.25) is 0 Å². The summed E-state index contributed by atoms with van der Waals surface area (Å²) in [6.45, 7) is 22.2. The maximum Gasteiger partial charge on any atom is 2.00 e. The van der Waals surface area contributed by atoms with Gasteiger partial charge in [-0.3, -0.25) is 0 Å². The second-order valence-corrected chi connectivity index (χ2v) is 10.4. The molecular weight excluding hydrogens is 653 g/mol. The molecular formula is C29H47Cl2IrN3. The molecule has 0 atom stereocenters. The standard InChI is InChI=1S/C29H47N3.2ClH.Ir/c1-20(2)24-12-10-13-25(21(3)4)28(24)30-16-18-32(9)19-17-31-29-26(22(5)6)14-11-15-27(29)23(7)8;;;/h10-15,20-23,30-31H,16-19H2,1-9H3;2*1H;/q;;;+2/p-2. The first-order chi connectivity index (χ1) is 15.1. The van der Waals surface area contributed by atoms with Gasteiger partial charge in [0.2, 0.25) is 0 Å². The molecule has 1 radical (unpaired) electrons. The fourth-order valence-electron chi connectivity index (χ4n) is 4.37. The molecule has 0 saturated heterocycles. The van der Waals surface area contributed by atoms with Crippen LogP contribution >= 0.6 is 0 Å². The molecule has 3 nitrogen and oxygen atoms in total. The van der Waals surface area contributed by atoms with E-state index >= 15 is 0 Å². The van der Waals surface area contributed by atoms with E-state index in [9.17, 15) is 0 Å². The van der Waals surface area contributed by atoms with Crippen LogP contribution in [0, 0.1) is 0 Å². The molecule has 0 aliphatic carbocycles. The van der Waals surface area contributed by atoms with E-state index < -0.39 is 0 Å². The minimum absolute atomic E-state index is 0. The number of likely N-dealkylation sites (N-methyl/N-ethyl adjacent to an activating group) is 1. The Balaban J connectivity index is 0. The van der Waals surface area contributed by atoms with E-state index in [2.05, 4.69) is 114 Å². The van der Waals surface area contributed by atoms with Crippen molar-refractivity contribution in [3.05, 3.63) is 58.7 Å². The first-order valence-electron chi connectivity index (χ1n) is 12.5. The van der Waals surface area contributed by atoms with Crippen LogP contribution in [0.25, 0.3) is 0 Å². The molecule has 0 unspecified atom stereocenters. The van der Waals surface area contributed by atoms with Crippen LogP contribution in [0.1, 0.15) is 101 Å². The van der Waals surface area contributed by atoms with Gasteiger partial charge >= 0.3 is 20.1 Å². The summed E-state index contributed by atoms with van der Waals surface area (Å²) in [6.07, 6.45) is 0. The summed E-state index contributed by atoms with van der Waals surface area (Å²) in [6, 6.07) is 13.5. The van der Waals surface area contributed by atoms with Crippen molar-refractivity contribution in [2.75, 3.05) is 43.9 Å². The van der Waals surface area contributed by atoms with Crippen molar-refractivity contribution >= 4 is 11.4 Å². The third-order valence-electron chi connectivity index (χ3n) is 6.34. The number of hydrogen-bond donors (Lipinski definition) is 2. The molecule has 0 aliphatic heterocycles. The molecule has 2 aromatic rings. The third kappa shape index (κ3) is 10.6. The van der Waals surface area contributed by atoms with Crippen LogP contribution in [0.4, 0.5) is 11.4 Å². The van der Waals surface area contributed by atoms with Gasteiger partial charge in [0.25, 0.3) is 0 Å². The predicted octanol–water partition coefficient (Wildman–Crippen LogP) is 1.64. The molecule has 201 valence electrons. The van der Waals surface area contributed by atoms with Crippen LogP contribution in [0.5, 0.6) is 0 Å². The van der Waals surface area contributed by atoms with Gasteiger partial charge in [0.15, 0.2) is 0 Å². The van der Waals surface area contributed by atoms with E-state index in [4.69, 9.17) is 0 Å². The van der Waals surface area contributed by atoms with E-state index in [0.29, 0.717) is 23.7 Å². The summed E-state index contributed by atoms with van der Waals surface area (Å²) >= 11 is 0. The third-order valence-corrected chi connectivity index (χ3v) is 6.34. The molecule has 0 spiro atoms. The van der Waals surface area contributed by atoms with Crippen LogP contribution < -0.4 is 35.4 Å². The van der Waals surface area contributed by atoms with E-state index in [-0.39, 0.29) is 44.9 Å². The summed E-state index contributed by atoms with van der Waals surface area (Å²) in [5.74, 6) is 2.09. The fraction of sp³-hybridized carbons (Fsp3) is 0.586. The molecule has 2 rings (SSSR count). The maximum atomic E-state index is 3.77.